The Morgan fingerprint density at radius 3 is 2.59 bits per heavy atom. The third-order valence-electron chi connectivity index (χ3n) is 3.53. The van der Waals surface area contributed by atoms with Crippen LogP contribution in [-0.4, -0.2) is 47.0 Å². The fourth-order valence-electron chi connectivity index (χ4n) is 2.32. The first-order valence-corrected chi connectivity index (χ1v) is 7.45. The molecular weight excluding hydrogens is 254 g/mol. The molecule has 0 N–H and O–H groups in total. The third kappa shape index (κ3) is 3.19. The van der Waals surface area contributed by atoms with Gasteiger partial charge in [-0.25, -0.2) is 4.98 Å². The Morgan fingerprint density at radius 2 is 2.06 bits per heavy atom. The Bertz CT molecular complexity index is 356. The predicted molar refractivity (Wildman–Crippen MR) is 73.6 cm³/mol. The van der Waals surface area contributed by atoms with E-state index in [1.54, 1.807) is 11.3 Å². The normalized spacial score (nSPS) is 27.5. The van der Waals surface area contributed by atoms with Crippen molar-refractivity contribution in [1.29, 1.82) is 0 Å². The summed E-state index contributed by atoms with van der Waals surface area (Å²) in [6.45, 7) is 7.78. The number of hydrogen-bond donors (Lipinski definition) is 0. The molecule has 2 atom stereocenters. The van der Waals surface area contributed by atoms with Gasteiger partial charge >= 0.3 is 0 Å². The van der Waals surface area contributed by atoms with E-state index in [-0.39, 0.29) is 0 Å². The van der Waals surface area contributed by atoms with Gasteiger partial charge in [-0.15, -0.1) is 22.9 Å². The van der Waals surface area contributed by atoms with Crippen LogP contribution in [0.1, 0.15) is 24.5 Å². The van der Waals surface area contributed by atoms with E-state index < -0.39 is 0 Å². The number of hydrogen-bond acceptors (Lipinski definition) is 4. The maximum atomic E-state index is 5.77. The van der Waals surface area contributed by atoms with Crippen LogP contribution in [0.15, 0.2) is 5.38 Å². The Balaban J connectivity index is 1.95. The second kappa shape index (κ2) is 5.65. The molecule has 3 nitrogen and oxygen atoms in total. The molecule has 1 aromatic heterocycles. The van der Waals surface area contributed by atoms with Gasteiger partial charge in [0.15, 0.2) is 0 Å². The molecule has 17 heavy (non-hydrogen) atoms. The van der Waals surface area contributed by atoms with Crippen LogP contribution in [0.25, 0.3) is 0 Å². The molecule has 0 spiro atoms. The first kappa shape index (κ1) is 13.3. The Hall–Kier alpha value is -0.160. The molecule has 2 rings (SSSR count). The standard InChI is InChI=1S/C12H20ClN3S/c1-9-5-16(6-10(2)15(9)3)7-12-14-11(4-13)8-17-12/h8-10H,4-7H2,1-3H3. The molecule has 0 aliphatic carbocycles. The minimum Gasteiger partial charge on any atom is -0.298 e. The van der Waals surface area contributed by atoms with Crippen molar-refractivity contribution in [3.63, 3.8) is 0 Å². The molecule has 5 heteroatoms. The lowest BCUT2D eigenvalue weighted by atomic mass is 10.1. The zero-order chi connectivity index (χ0) is 12.4. The number of aromatic nitrogens is 1. The number of thiazole rings is 1. The average Bonchev–Trinajstić information content (AvgIpc) is 2.73. The molecule has 96 valence electrons. The minimum atomic E-state index is 0.520. The molecule has 0 aromatic carbocycles. The summed E-state index contributed by atoms with van der Waals surface area (Å²) in [6.07, 6.45) is 0. The maximum Gasteiger partial charge on any atom is 0.107 e. The van der Waals surface area contributed by atoms with E-state index >= 15 is 0 Å². The van der Waals surface area contributed by atoms with E-state index in [0.717, 1.165) is 25.3 Å². The lowest BCUT2D eigenvalue weighted by Gasteiger charge is -2.42. The lowest BCUT2D eigenvalue weighted by Crippen LogP contribution is -2.54. The van der Waals surface area contributed by atoms with Crippen molar-refractivity contribution < 1.29 is 0 Å². The van der Waals surface area contributed by atoms with Crippen LogP contribution in [0, 0.1) is 0 Å². The quantitative estimate of drug-likeness (QED) is 0.789. The fraction of sp³-hybridized carbons (Fsp3) is 0.750. The molecule has 1 aliphatic rings. The van der Waals surface area contributed by atoms with Crippen molar-refractivity contribution in [2.75, 3.05) is 20.1 Å². The number of rotatable bonds is 3. The van der Waals surface area contributed by atoms with E-state index in [9.17, 15) is 0 Å². The van der Waals surface area contributed by atoms with E-state index in [2.05, 4.69) is 41.1 Å². The number of piperazine rings is 1. The Labute approximate surface area is 112 Å². The number of nitrogens with zero attached hydrogens (tertiary/aromatic N) is 3. The maximum absolute atomic E-state index is 5.77. The highest BCUT2D eigenvalue weighted by Crippen LogP contribution is 2.18. The van der Waals surface area contributed by atoms with Gasteiger partial charge in [0.1, 0.15) is 5.01 Å². The largest absolute Gasteiger partial charge is 0.298 e. The topological polar surface area (TPSA) is 19.4 Å². The number of halogens is 1. The van der Waals surface area contributed by atoms with Crippen LogP contribution in [0.3, 0.4) is 0 Å². The van der Waals surface area contributed by atoms with Gasteiger partial charge in [0.25, 0.3) is 0 Å². The zero-order valence-electron chi connectivity index (χ0n) is 10.7. The molecule has 2 unspecified atom stereocenters. The van der Waals surface area contributed by atoms with E-state index in [1.807, 2.05) is 0 Å². The fourth-order valence-corrected chi connectivity index (χ4v) is 3.38. The van der Waals surface area contributed by atoms with Crippen LogP contribution in [0.4, 0.5) is 0 Å². The summed E-state index contributed by atoms with van der Waals surface area (Å²) in [5.74, 6) is 0.520. The molecule has 0 amide bonds. The van der Waals surface area contributed by atoms with Gasteiger partial charge in [-0.05, 0) is 20.9 Å². The van der Waals surface area contributed by atoms with Crippen LogP contribution < -0.4 is 0 Å². The number of likely N-dealkylation sites (N-methyl/N-ethyl adjacent to an activating group) is 1. The van der Waals surface area contributed by atoms with Crippen molar-refractivity contribution in [1.82, 2.24) is 14.8 Å². The highest BCUT2D eigenvalue weighted by atomic mass is 35.5. The third-order valence-corrected chi connectivity index (χ3v) is 4.69. The molecule has 1 fully saturated rings. The van der Waals surface area contributed by atoms with Crippen molar-refractivity contribution in [2.24, 2.45) is 0 Å². The van der Waals surface area contributed by atoms with Gasteiger partial charge in [0.05, 0.1) is 18.1 Å². The van der Waals surface area contributed by atoms with Gasteiger partial charge in [0, 0.05) is 30.6 Å². The lowest BCUT2D eigenvalue weighted by molar-refractivity contribution is 0.0556. The second-order valence-electron chi connectivity index (χ2n) is 4.92. The van der Waals surface area contributed by atoms with Crippen LogP contribution in [0.5, 0.6) is 0 Å². The summed E-state index contributed by atoms with van der Waals surface area (Å²) >= 11 is 7.49. The molecular formula is C12H20ClN3S. The Kier molecular flexibility index (Phi) is 4.42. The SMILES string of the molecule is CC1CN(Cc2nc(CCl)cs2)CC(C)N1C. The van der Waals surface area contributed by atoms with Crippen LogP contribution >= 0.6 is 22.9 Å². The molecule has 1 aliphatic heterocycles. The molecule has 0 radical (unpaired) electrons. The second-order valence-corrected chi connectivity index (χ2v) is 6.13. The van der Waals surface area contributed by atoms with Crippen LogP contribution in [-0.2, 0) is 12.4 Å². The van der Waals surface area contributed by atoms with E-state index in [1.165, 1.54) is 5.01 Å². The smallest absolute Gasteiger partial charge is 0.107 e. The van der Waals surface area contributed by atoms with Crippen LogP contribution in [0.2, 0.25) is 0 Å². The highest BCUT2D eigenvalue weighted by Gasteiger charge is 2.26. The van der Waals surface area contributed by atoms with Crippen molar-refractivity contribution in [3.05, 3.63) is 16.1 Å². The van der Waals surface area contributed by atoms with Gasteiger partial charge in [-0.3, -0.25) is 9.80 Å². The summed E-state index contributed by atoms with van der Waals surface area (Å²) in [4.78, 5) is 9.46. The molecule has 2 heterocycles. The summed E-state index contributed by atoms with van der Waals surface area (Å²) < 4.78 is 0. The van der Waals surface area contributed by atoms with Crippen molar-refractivity contribution in [2.45, 2.75) is 38.4 Å². The van der Waals surface area contributed by atoms with Gasteiger partial charge in [-0.1, -0.05) is 0 Å². The minimum absolute atomic E-state index is 0.520. The highest BCUT2D eigenvalue weighted by molar-refractivity contribution is 7.09. The van der Waals surface area contributed by atoms with Gasteiger partial charge < -0.3 is 0 Å². The summed E-state index contributed by atoms with van der Waals surface area (Å²) in [5, 5.41) is 3.25. The monoisotopic (exact) mass is 273 g/mol. The summed E-state index contributed by atoms with van der Waals surface area (Å²) in [6, 6.07) is 1.23. The number of alkyl halides is 1. The van der Waals surface area contributed by atoms with Gasteiger partial charge in [-0.2, -0.15) is 0 Å². The summed E-state index contributed by atoms with van der Waals surface area (Å²) in [5.41, 5.74) is 1.00. The Morgan fingerprint density at radius 1 is 1.41 bits per heavy atom. The van der Waals surface area contributed by atoms with E-state index in [0.29, 0.717) is 18.0 Å². The summed E-state index contributed by atoms with van der Waals surface area (Å²) in [7, 11) is 2.21. The molecule has 0 saturated carbocycles. The molecule has 1 aromatic rings. The van der Waals surface area contributed by atoms with Crippen molar-refractivity contribution >= 4 is 22.9 Å². The predicted octanol–water partition coefficient (Wildman–Crippen LogP) is 2.41. The van der Waals surface area contributed by atoms with Gasteiger partial charge in [0.2, 0.25) is 0 Å². The van der Waals surface area contributed by atoms with Crippen molar-refractivity contribution in [3.8, 4) is 0 Å². The van der Waals surface area contributed by atoms with E-state index in [4.69, 9.17) is 11.6 Å². The first-order chi connectivity index (χ1) is 8.10. The molecule has 0 bridgehead atoms. The first-order valence-electron chi connectivity index (χ1n) is 6.03. The average molecular weight is 274 g/mol. The zero-order valence-corrected chi connectivity index (χ0v) is 12.3. The molecule has 1 saturated heterocycles.